The van der Waals surface area contributed by atoms with Crippen LogP contribution in [0.4, 0.5) is 0 Å². The van der Waals surface area contributed by atoms with Gasteiger partial charge in [-0.3, -0.25) is 0 Å². The van der Waals surface area contributed by atoms with Crippen LogP contribution in [0.2, 0.25) is 0 Å². The molecular weight excluding hydrogens is 300 g/mol. The highest BCUT2D eigenvalue weighted by molar-refractivity contribution is 5.77. The van der Waals surface area contributed by atoms with Crippen molar-refractivity contribution in [2.24, 2.45) is 0 Å². The van der Waals surface area contributed by atoms with Gasteiger partial charge in [-0.15, -0.1) is 5.10 Å². The lowest BCUT2D eigenvalue weighted by Gasteiger charge is -2.12. The first-order chi connectivity index (χ1) is 11.7. The first-order valence-corrected chi connectivity index (χ1v) is 7.87. The van der Waals surface area contributed by atoms with Crippen LogP contribution in [-0.2, 0) is 0 Å². The third kappa shape index (κ3) is 3.94. The van der Waals surface area contributed by atoms with Crippen LogP contribution in [0.5, 0.6) is 6.01 Å². The largest absolute Gasteiger partial charge is 0.461 e. The highest BCUT2D eigenvalue weighted by Gasteiger charge is 2.13. The van der Waals surface area contributed by atoms with Gasteiger partial charge in [0.1, 0.15) is 18.0 Å². The molecule has 0 saturated heterocycles. The van der Waals surface area contributed by atoms with Crippen molar-refractivity contribution in [3.05, 3.63) is 60.7 Å². The van der Waals surface area contributed by atoms with Gasteiger partial charge < -0.3 is 9.64 Å². The fourth-order valence-electron chi connectivity index (χ4n) is 2.28. The summed E-state index contributed by atoms with van der Waals surface area (Å²) in [4.78, 5) is 6.65. The molecule has 5 nitrogen and oxygen atoms in total. The van der Waals surface area contributed by atoms with Crippen molar-refractivity contribution in [3.8, 4) is 28.5 Å². The van der Waals surface area contributed by atoms with Gasteiger partial charge in [0.15, 0.2) is 0 Å². The normalized spacial score (nSPS) is 10.8. The van der Waals surface area contributed by atoms with Crippen LogP contribution in [0.15, 0.2) is 60.7 Å². The number of aromatic nitrogens is 3. The van der Waals surface area contributed by atoms with Crippen LogP contribution in [0.25, 0.3) is 22.5 Å². The average molecular weight is 320 g/mol. The van der Waals surface area contributed by atoms with E-state index < -0.39 is 0 Å². The summed E-state index contributed by atoms with van der Waals surface area (Å²) < 4.78 is 5.64. The van der Waals surface area contributed by atoms with Crippen LogP contribution >= 0.6 is 0 Å². The molecule has 0 unspecified atom stereocenters. The van der Waals surface area contributed by atoms with Gasteiger partial charge in [-0.2, -0.15) is 4.98 Å². The third-order valence-electron chi connectivity index (χ3n) is 3.53. The van der Waals surface area contributed by atoms with E-state index in [0.717, 1.165) is 29.1 Å². The van der Waals surface area contributed by atoms with Gasteiger partial charge in [-0.1, -0.05) is 65.8 Å². The molecule has 1 aromatic heterocycles. The molecule has 3 aromatic rings. The zero-order chi connectivity index (χ0) is 16.8. The fraction of sp³-hybridized carbons (Fsp3) is 0.211. The Morgan fingerprint density at radius 3 is 1.96 bits per heavy atom. The van der Waals surface area contributed by atoms with Crippen LogP contribution in [0, 0.1) is 0 Å². The Morgan fingerprint density at radius 2 is 1.38 bits per heavy atom. The highest BCUT2D eigenvalue weighted by atomic mass is 16.5. The molecule has 122 valence electrons. The number of rotatable bonds is 6. The Hall–Kier alpha value is -2.79. The average Bonchev–Trinajstić information content (AvgIpc) is 2.63. The lowest BCUT2D eigenvalue weighted by molar-refractivity contribution is 0.243. The molecule has 0 aliphatic rings. The number of likely N-dealkylation sites (N-methyl/N-ethyl adjacent to an activating group) is 1. The van der Waals surface area contributed by atoms with E-state index in [-0.39, 0.29) is 0 Å². The molecule has 24 heavy (non-hydrogen) atoms. The number of hydrogen-bond acceptors (Lipinski definition) is 5. The summed E-state index contributed by atoms with van der Waals surface area (Å²) in [6.45, 7) is 1.32. The zero-order valence-electron chi connectivity index (χ0n) is 13.9. The Kier molecular flexibility index (Phi) is 5.13. The second kappa shape index (κ2) is 7.66. The molecular formula is C19H20N4O. The lowest BCUT2D eigenvalue weighted by Crippen LogP contribution is -2.20. The quantitative estimate of drug-likeness (QED) is 0.698. The maximum absolute atomic E-state index is 5.64. The van der Waals surface area contributed by atoms with Gasteiger partial charge in [-0.05, 0) is 14.1 Å². The monoisotopic (exact) mass is 320 g/mol. The van der Waals surface area contributed by atoms with E-state index in [4.69, 9.17) is 4.74 Å². The molecule has 1 heterocycles. The summed E-state index contributed by atoms with van der Waals surface area (Å²) in [6, 6.07) is 20.2. The van der Waals surface area contributed by atoms with Gasteiger partial charge in [0.25, 0.3) is 0 Å². The Labute approximate surface area is 142 Å². The molecule has 0 spiro atoms. The van der Waals surface area contributed by atoms with Crippen LogP contribution in [0.3, 0.4) is 0 Å². The lowest BCUT2D eigenvalue weighted by atomic mass is 10.0. The molecule has 5 heteroatoms. The molecule has 3 rings (SSSR count). The summed E-state index contributed by atoms with van der Waals surface area (Å²) in [5, 5.41) is 8.51. The van der Waals surface area contributed by atoms with E-state index in [9.17, 15) is 0 Å². The summed E-state index contributed by atoms with van der Waals surface area (Å²) >= 11 is 0. The van der Waals surface area contributed by atoms with Crippen molar-refractivity contribution < 1.29 is 4.74 Å². The van der Waals surface area contributed by atoms with E-state index in [1.165, 1.54) is 0 Å². The van der Waals surface area contributed by atoms with Crippen molar-refractivity contribution in [3.63, 3.8) is 0 Å². The summed E-state index contributed by atoms with van der Waals surface area (Å²) in [7, 11) is 3.99. The first kappa shape index (κ1) is 16.1. The molecule has 0 aliphatic carbocycles. The summed E-state index contributed by atoms with van der Waals surface area (Å²) in [5.41, 5.74) is 3.50. The van der Waals surface area contributed by atoms with E-state index >= 15 is 0 Å². The molecule has 0 atom stereocenters. The second-order valence-corrected chi connectivity index (χ2v) is 5.68. The maximum Gasteiger partial charge on any atom is 0.336 e. The SMILES string of the molecule is CN(C)CCOc1nnc(-c2ccccc2)c(-c2ccccc2)n1. The minimum Gasteiger partial charge on any atom is -0.461 e. The Balaban J connectivity index is 1.97. The van der Waals surface area contributed by atoms with Crippen molar-refractivity contribution in [1.29, 1.82) is 0 Å². The van der Waals surface area contributed by atoms with Crippen LogP contribution in [0.1, 0.15) is 0 Å². The smallest absolute Gasteiger partial charge is 0.336 e. The van der Waals surface area contributed by atoms with Crippen molar-refractivity contribution in [1.82, 2.24) is 20.1 Å². The van der Waals surface area contributed by atoms with E-state index in [0.29, 0.717) is 12.6 Å². The van der Waals surface area contributed by atoms with E-state index in [1.54, 1.807) is 0 Å². The molecule has 0 N–H and O–H groups in total. The molecule has 0 fully saturated rings. The number of nitrogens with zero attached hydrogens (tertiary/aromatic N) is 4. The van der Waals surface area contributed by atoms with Gasteiger partial charge in [0.05, 0.1) is 0 Å². The van der Waals surface area contributed by atoms with E-state index in [1.807, 2.05) is 79.7 Å². The minimum atomic E-state index is 0.301. The Bertz CT molecular complexity index is 776. The van der Waals surface area contributed by atoms with Crippen LogP contribution in [-0.4, -0.2) is 47.3 Å². The van der Waals surface area contributed by atoms with Crippen molar-refractivity contribution in [2.75, 3.05) is 27.2 Å². The second-order valence-electron chi connectivity index (χ2n) is 5.68. The molecule has 0 bridgehead atoms. The zero-order valence-corrected chi connectivity index (χ0v) is 13.9. The standard InChI is InChI=1S/C19H20N4O/c1-23(2)13-14-24-19-20-17(15-9-5-3-6-10-15)18(21-22-19)16-11-7-4-8-12-16/h3-12H,13-14H2,1-2H3. The molecule has 2 aromatic carbocycles. The topological polar surface area (TPSA) is 51.1 Å². The van der Waals surface area contributed by atoms with Crippen LogP contribution < -0.4 is 4.74 Å². The number of benzene rings is 2. The van der Waals surface area contributed by atoms with E-state index in [2.05, 4.69) is 15.2 Å². The van der Waals surface area contributed by atoms with Gasteiger partial charge >= 0.3 is 6.01 Å². The Morgan fingerprint density at radius 1 is 0.792 bits per heavy atom. The van der Waals surface area contributed by atoms with Crippen molar-refractivity contribution >= 4 is 0 Å². The molecule has 0 saturated carbocycles. The number of hydrogen-bond donors (Lipinski definition) is 0. The first-order valence-electron chi connectivity index (χ1n) is 7.87. The van der Waals surface area contributed by atoms with Gasteiger partial charge in [-0.25, -0.2) is 0 Å². The van der Waals surface area contributed by atoms with Crippen molar-refractivity contribution in [2.45, 2.75) is 0 Å². The minimum absolute atomic E-state index is 0.301. The molecule has 0 amide bonds. The predicted molar refractivity (Wildman–Crippen MR) is 94.7 cm³/mol. The fourth-order valence-corrected chi connectivity index (χ4v) is 2.28. The predicted octanol–water partition coefficient (Wildman–Crippen LogP) is 3.15. The molecule has 0 aliphatic heterocycles. The van der Waals surface area contributed by atoms with Gasteiger partial charge in [0.2, 0.25) is 0 Å². The number of ether oxygens (including phenoxy) is 1. The molecule has 0 radical (unpaired) electrons. The summed E-state index contributed by atoms with van der Waals surface area (Å²) in [5.74, 6) is 0. The van der Waals surface area contributed by atoms with Gasteiger partial charge in [0, 0.05) is 17.7 Å². The third-order valence-corrected chi connectivity index (χ3v) is 3.53. The summed E-state index contributed by atoms with van der Waals surface area (Å²) in [6.07, 6.45) is 0. The highest BCUT2D eigenvalue weighted by Crippen LogP contribution is 2.28. The maximum atomic E-state index is 5.64.